The molecule has 1 aliphatic heterocycles. The van der Waals surface area contributed by atoms with Gasteiger partial charge in [0, 0.05) is 31.3 Å². The molecule has 3 rings (SSSR count). The van der Waals surface area contributed by atoms with Crippen LogP contribution in [0.3, 0.4) is 0 Å². The largest absolute Gasteiger partial charge is 0.345 e. The number of carbonyl (C=O) groups excluding carboxylic acids is 2. The predicted molar refractivity (Wildman–Crippen MR) is 111 cm³/mol. The maximum atomic E-state index is 12.6. The van der Waals surface area contributed by atoms with Crippen LogP contribution in [0.2, 0.25) is 0 Å². The number of hydrogen-bond acceptors (Lipinski definition) is 4. The normalized spacial score (nSPS) is 15.4. The van der Waals surface area contributed by atoms with Crippen molar-refractivity contribution in [3.05, 3.63) is 65.2 Å². The summed E-state index contributed by atoms with van der Waals surface area (Å²) >= 11 is 0. The van der Waals surface area contributed by atoms with Gasteiger partial charge in [0.1, 0.15) is 0 Å². The van der Waals surface area contributed by atoms with E-state index < -0.39 is 9.84 Å². The summed E-state index contributed by atoms with van der Waals surface area (Å²) in [6, 6.07) is 13.7. The second-order valence-corrected chi connectivity index (χ2v) is 9.41. The first-order chi connectivity index (χ1) is 13.8. The van der Waals surface area contributed by atoms with Gasteiger partial charge >= 0.3 is 0 Å². The summed E-state index contributed by atoms with van der Waals surface area (Å²) < 4.78 is 23.2. The highest BCUT2D eigenvalue weighted by atomic mass is 32.2. The van der Waals surface area contributed by atoms with E-state index >= 15 is 0 Å². The summed E-state index contributed by atoms with van der Waals surface area (Å²) in [4.78, 5) is 26.5. The molecule has 0 aliphatic carbocycles. The third-order valence-electron chi connectivity index (χ3n) is 5.19. The number of rotatable bonds is 7. The molecule has 1 aliphatic rings. The molecule has 1 saturated heterocycles. The Morgan fingerprint density at radius 1 is 1.10 bits per heavy atom. The first-order valence-electron chi connectivity index (χ1n) is 9.75. The molecule has 0 spiro atoms. The van der Waals surface area contributed by atoms with Gasteiger partial charge in [-0.15, -0.1) is 0 Å². The summed E-state index contributed by atoms with van der Waals surface area (Å²) in [5, 5.41) is 3.00. The molecule has 2 aromatic rings. The maximum Gasteiger partial charge on any atom is 0.251 e. The van der Waals surface area contributed by atoms with Crippen LogP contribution >= 0.6 is 0 Å². The zero-order valence-electron chi connectivity index (χ0n) is 16.7. The van der Waals surface area contributed by atoms with Crippen molar-refractivity contribution in [1.82, 2.24) is 10.2 Å². The van der Waals surface area contributed by atoms with Gasteiger partial charge in [0.05, 0.1) is 10.9 Å². The lowest BCUT2D eigenvalue weighted by atomic mass is 10.0. The van der Waals surface area contributed by atoms with Gasteiger partial charge in [0.25, 0.3) is 5.91 Å². The second-order valence-electron chi connectivity index (χ2n) is 7.39. The first kappa shape index (κ1) is 21.0. The molecule has 154 valence electrons. The molecule has 1 atom stereocenters. The molecule has 1 N–H and O–H groups in total. The van der Waals surface area contributed by atoms with Gasteiger partial charge < -0.3 is 10.2 Å². The smallest absolute Gasteiger partial charge is 0.251 e. The van der Waals surface area contributed by atoms with Crippen LogP contribution in [0.15, 0.2) is 53.4 Å². The van der Waals surface area contributed by atoms with E-state index in [2.05, 4.69) is 5.32 Å². The highest BCUT2D eigenvalue weighted by Gasteiger charge is 2.20. The average molecular weight is 415 g/mol. The van der Waals surface area contributed by atoms with Crippen LogP contribution in [0, 0.1) is 0 Å². The molecule has 1 fully saturated rings. The fourth-order valence-electron chi connectivity index (χ4n) is 3.46. The molecular formula is C22H26N2O4S. The minimum Gasteiger partial charge on any atom is -0.345 e. The van der Waals surface area contributed by atoms with Gasteiger partial charge in [0.15, 0.2) is 9.84 Å². The van der Waals surface area contributed by atoms with Crippen LogP contribution < -0.4 is 5.32 Å². The summed E-state index contributed by atoms with van der Waals surface area (Å²) in [5.74, 6) is -0.00710. The first-order valence-corrected chi connectivity index (χ1v) is 11.6. The predicted octanol–water partition coefficient (Wildman–Crippen LogP) is 3.09. The zero-order valence-corrected chi connectivity index (χ0v) is 17.5. The number of carbonyl (C=O) groups is 2. The van der Waals surface area contributed by atoms with E-state index in [-0.39, 0.29) is 22.8 Å². The number of sulfone groups is 1. The second kappa shape index (κ2) is 8.78. The summed E-state index contributed by atoms with van der Waals surface area (Å²) in [6.45, 7) is 3.33. The SMILES string of the molecule is CCC(NC(=O)c1ccc(CN2CCCC2=O)cc1)c1ccc(S(C)(=O)=O)cc1. The van der Waals surface area contributed by atoms with E-state index in [0.717, 1.165) is 24.1 Å². The van der Waals surface area contributed by atoms with E-state index in [1.54, 1.807) is 36.4 Å². The fourth-order valence-corrected chi connectivity index (χ4v) is 4.09. The van der Waals surface area contributed by atoms with Crippen molar-refractivity contribution in [1.29, 1.82) is 0 Å². The van der Waals surface area contributed by atoms with Gasteiger partial charge in [-0.3, -0.25) is 9.59 Å². The zero-order chi connectivity index (χ0) is 21.0. The number of nitrogens with one attached hydrogen (secondary N) is 1. The van der Waals surface area contributed by atoms with E-state index in [9.17, 15) is 18.0 Å². The number of hydrogen-bond donors (Lipinski definition) is 1. The molecule has 0 aromatic heterocycles. The summed E-state index contributed by atoms with van der Waals surface area (Å²) in [6.07, 6.45) is 3.37. The lowest BCUT2D eigenvalue weighted by molar-refractivity contribution is -0.128. The van der Waals surface area contributed by atoms with Crippen molar-refractivity contribution in [2.75, 3.05) is 12.8 Å². The topological polar surface area (TPSA) is 83.6 Å². The third kappa shape index (κ3) is 5.23. The van der Waals surface area contributed by atoms with Gasteiger partial charge in [-0.2, -0.15) is 0 Å². The van der Waals surface area contributed by atoms with Gasteiger partial charge in [-0.05, 0) is 48.2 Å². The van der Waals surface area contributed by atoms with Crippen molar-refractivity contribution in [2.45, 2.75) is 43.7 Å². The van der Waals surface area contributed by atoms with Crippen LogP contribution in [0.25, 0.3) is 0 Å². The van der Waals surface area contributed by atoms with E-state index in [1.165, 1.54) is 6.26 Å². The van der Waals surface area contributed by atoms with Gasteiger partial charge in [-0.1, -0.05) is 31.2 Å². The van der Waals surface area contributed by atoms with Gasteiger partial charge in [0.2, 0.25) is 5.91 Å². The Bertz CT molecular complexity index is 982. The Hall–Kier alpha value is -2.67. The Labute approximate surface area is 171 Å². The van der Waals surface area contributed by atoms with E-state index in [0.29, 0.717) is 24.9 Å². The van der Waals surface area contributed by atoms with E-state index in [4.69, 9.17) is 0 Å². The highest BCUT2D eigenvalue weighted by Crippen LogP contribution is 2.20. The molecule has 7 heteroatoms. The Morgan fingerprint density at radius 2 is 1.76 bits per heavy atom. The molecule has 2 aromatic carbocycles. The van der Waals surface area contributed by atoms with Gasteiger partial charge in [-0.25, -0.2) is 8.42 Å². The van der Waals surface area contributed by atoms with Crippen LogP contribution in [0.1, 0.15) is 53.7 Å². The minimum atomic E-state index is -3.25. The lowest BCUT2D eigenvalue weighted by Crippen LogP contribution is -2.28. The fraction of sp³-hybridized carbons (Fsp3) is 0.364. The van der Waals surface area contributed by atoms with Crippen molar-refractivity contribution in [3.63, 3.8) is 0 Å². The Kier molecular flexibility index (Phi) is 6.37. The molecule has 29 heavy (non-hydrogen) atoms. The summed E-state index contributed by atoms with van der Waals surface area (Å²) in [7, 11) is -3.25. The molecule has 0 bridgehead atoms. The van der Waals surface area contributed by atoms with E-state index in [1.807, 2.05) is 24.0 Å². The monoisotopic (exact) mass is 414 g/mol. The molecule has 0 radical (unpaired) electrons. The van der Waals surface area contributed by atoms with Crippen molar-refractivity contribution < 1.29 is 18.0 Å². The Balaban J connectivity index is 1.65. The number of likely N-dealkylation sites (tertiary alicyclic amines) is 1. The number of nitrogens with zero attached hydrogens (tertiary/aromatic N) is 1. The van der Waals surface area contributed by atoms with Crippen LogP contribution in [0.4, 0.5) is 0 Å². The molecule has 1 heterocycles. The standard InChI is InChI=1S/C22H26N2O4S/c1-3-20(17-10-12-19(13-11-17)29(2,27)28)23-22(26)18-8-6-16(7-9-18)15-24-14-4-5-21(24)25/h6-13,20H,3-5,14-15H2,1-2H3,(H,23,26). The minimum absolute atomic E-state index is 0.180. The van der Waals surface area contributed by atoms with Crippen LogP contribution in [-0.2, 0) is 21.2 Å². The number of amides is 2. The average Bonchev–Trinajstić information content (AvgIpc) is 3.10. The van der Waals surface area contributed by atoms with Crippen molar-refractivity contribution in [2.24, 2.45) is 0 Å². The Morgan fingerprint density at radius 3 is 2.28 bits per heavy atom. The summed E-state index contributed by atoms with van der Waals surface area (Å²) in [5.41, 5.74) is 2.41. The molecular weight excluding hydrogens is 388 g/mol. The van der Waals surface area contributed by atoms with Crippen LogP contribution in [-0.4, -0.2) is 37.9 Å². The third-order valence-corrected chi connectivity index (χ3v) is 6.31. The van der Waals surface area contributed by atoms with Crippen molar-refractivity contribution >= 4 is 21.7 Å². The highest BCUT2D eigenvalue weighted by molar-refractivity contribution is 7.90. The van der Waals surface area contributed by atoms with Crippen LogP contribution in [0.5, 0.6) is 0 Å². The maximum absolute atomic E-state index is 12.6. The quantitative estimate of drug-likeness (QED) is 0.755. The van der Waals surface area contributed by atoms with Crippen molar-refractivity contribution in [3.8, 4) is 0 Å². The lowest BCUT2D eigenvalue weighted by Gasteiger charge is -2.18. The molecule has 1 unspecified atom stereocenters. The molecule has 0 saturated carbocycles. The molecule has 6 nitrogen and oxygen atoms in total. The molecule has 2 amide bonds. The number of benzene rings is 2.